The number of hydrogen-bond donors (Lipinski definition) is 1. The maximum atomic E-state index is 11.0. The Balaban J connectivity index is 1.76. The molecule has 0 amide bonds. The summed E-state index contributed by atoms with van der Waals surface area (Å²) in [6.07, 6.45) is 1.77. The summed E-state index contributed by atoms with van der Waals surface area (Å²) in [5.74, 6) is -0.407. The molecular formula is C18H17ClN4O4. The highest BCUT2D eigenvalue weighted by Gasteiger charge is 2.25. The molecule has 1 aliphatic heterocycles. The van der Waals surface area contributed by atoms with E-state index in [1.165, 1.54) is 12.1 Å². The number of aromatic carboxylic acids is 1. The van der Waals surface area contributed by atoms with Crippen LogP contribution in [0.5, 0.6) is 0 Å². The van der Waals surface area contributed by atoms with Gasteiger partial charge in [0.25, 0.3) is 0 Å². The Morgan fingerprint density at radius 1 is 1.22 bits per heavy atom. The smallest absolute Gasteiger partial charge is 0.335 e. The average molecular weight is 389 g/mol. The lowest BCUT2D eigenvalue weighted by atomic mass is 10.1. The number of carbonyl (C=O) groups is 1. The van der Waals surface area contributed by atoms with Gasteiger partial charge in [0.1, 0.15) is 11.2 Å². The molecule has 0 spiro atoms. The number of aromatic nitrogens is 3. The molecule has 0 radical (unpaired) electrons. The lowest BCUT2D eigenvalue weighted by molar-refractivity contribution is 0.0697. The minimum absolute atomic E-state index is 0.100. The van der Waals surface area contributed by atoms with Crippen LogP contribution in [-0.4, -0.2) is 52.5 Å². The largest absolute Gasteiger partial charge is 0.478 e. The molecule has 0 saturated carbocycles. The van der Waals surface area contributed by atoms with Crippen molar-refractivity contribution < 1.29 is 19.2 Å². The lowest BCUT2D eigenvalue weighted by Gasteiger charge is -2.31. The van der Waals surface area contributed by atoms with Gasteiger partial charge in [-0.05, 0) is 36.6 Å². The van der Waals surface area contributed by atoms with Crippen molar-refractivity contribution in [1.82, 2.24) is 15.1 Å². The predicted molar refractivity (Wildman–Crippen MR) is 99.2 cm³/mol. The molecule has 1 aliphatic rings. The Hall–Kier alpha value is -2.71. The number of carboxylic acids is 1. The van der Waals surface area contributed by atoms with E-state index in [-0.39, 0.29) is 16.9 Å². The van der Waals surface area contributed by atoms with Crippen LogP contribution in [0.2, 0.25) is 5.28 Å². The first-order chi connectivity index (χ1) is 13.0. The molecule has 140 valence electrons. The maximum absolute atomic E-state index is 11.0. The van der Waals surface area contributed by atoms with Gasteiger partial charge in [0.15, 0.2) is 5.82 Å². The van der Waals surface area contributed by atoms with Crippen molar-refractivity contribution in [2.24, 2.45) is 0 Å². The summed E-state index contributed by atoms with van der Waals surface area (Å²) in [5.41, 5.74) is 2.32. The number of ether oxygens (including phenoxy) is 1. The predicted octanol–water partition coefficient (Wildman–Crippen LogP) is 3.25. The van der Waals surface area contributed by atoms with Gasteiger partial charge in [-0.25, -0.2) is 9.78 Å². The molecule has 1 N–H and O–H groups in total. The van der Waals surface area contributed by atoms with Crippen molar-refractivity contribution in [3.8, 4) is 11.3 Å². The first-order valence-electron chi connectivity index (χ1n) is 8.52. The molecule has 2 aromatic heterocycles. The van der Waals surface area contributed by atoms with Crippen LogP contribution in [0, 0.1) is 0 Å². The van der Waals surface area contributed by atoms with E-state index in [2.05, 4.69) is 15.1 Å². The molecule has 0 unspecified atom stereocenters. The first kappa shape index (κ1) is 17.7. The normalized spacial score (nSPS) is 15.2. The molecule has 3 aromatic rings. The summed E-state index contributed by atoms with van der Waals surface area (Å²) in [5, 5.41) is 13.3. The quantitative estimate of drug-likeness (QED) is 0.679. The molecule has 0 bridgehead atoms. The van der Waals surface area contributed by atoms with Crippen molar-refractivity contribution in [2.75, 3.05) is 25.2 Å². The molecule has 1 fully saturated rings. The van der Waals surface area contributed by atoms with E-state index in [0.717, 1.165) is 12.8 Å². The van der Waals surface area contributed by atoms with Crippen molar-refractivity contribution >= 4 is 34.5 Å². The van der Waals surface area contributed by atoms with Gasteiger partial charge in [-0.15, -0.1) is 0 Å². The van der Waals surface area contributed by atoms with Crippen LogP contribution in [0.25, 0.3) is 22.4 Å². The Morgan fingerprint density at radius 3 is 2.59 bits per heavy atom. The molecule has 9 heteroatoms. The average Bonchev–Trinajstić information content (AvgIpc) is 3.11. The van der Waals surface area contributed by atoms with Crippen molar-refractivity contribution in [3.05, 3.63) is 35.1 Å². The molecule has 3 heterocycles. The van der Waals surface area contributed by atoms with Gasteiger partial charge in [-0.1, -0.05) is 17.3 Å². The Morgan fingerprint density at radius 2 is 1.93 bits per heavy atom. The second-order valence-corrected chi connectivity index (χ2v) is 6.70. The maximum Gasteiger partial charge on any atom is 0.335 e. The number of nitrogens with zero attached hydrogens (tertiary/aromatic N) is 4. The van der Waals surface area contributed by atoms with Gasteiger partial charge in [-0.3, -0.25) is 0 Å². The van der Waals surface area contributed by atoms with Gasteiger partial charge in [0, 0.05) is 31.9 Å². The second-order valence-electron chi connectivity index (χ2n) is 6.36. The summed E-state index contributed by atoms with van der Waals surface area (Å²) < 4.78 is 11.0. The minimum atomic E-state index is -0.989. The van der Waals surface area contributed by atoms with Crippen molar-refractivity contribution in [3.63, 3.8) is 0 Å². The minimum Gasteiger partial charge on any atom is -0.478 e. The fourth-order valence-electron chi connectivity index (χ4n) is 3.24. The van der Waals surface area contributed by atoms with E-state index in [9.17, 15) is 4.79 Å². The van der Waals surface area contributed by atoms with E-state index in [4.69, 9.17) is 26.0 Å². The van der Waals surface area contributed by atoms with E-state index in [1.807, 2.05) is 11.9 Å². The summed E-state index contributed by atoms with van der Waals surface area (Å²) in [7, 11) is 1.94. The summed E-state index contributed by atoms with van der Waals surface area (Å²) >= 11 is 6.17. The molecule has 8 nitrogen and oxygen atoms in total. The highest BCUT2D eigenvalue weighted by atomic mass is 35.5. The van der Waals surface area contributed by atoms with Gasteiger partial charge < -0.3 is 19.3 Å². The standard InChI is InChI=1S/C18H17ClN4O4/c1-23(12-6-8-26-9-7-12)16-15-14(20-18(19)21-16)13(22-27-15)10-2-4-11(5-3-10)17(24)25/h2-5,12H,6-9H2,1H3,(H,24,25). The van der Waals surface area contributed by atoms with E-state index in [0.29, 0.717) is 41.4 Å². The van der Waals surface area contributed by atoms with Gasteiger partial charge >= 0.3 is 5.97 Å². The molecule has 0 atom stereocenters. The number of fused-ring (bicyclic) bond motifs is 1. The number of anilines is 1. The van der Waals surface area contributed by atoms with Crippen LogP contribution in [0.4, 0.5) is 5.82 Å². The number of hydrogen-bond acceptors (Lipinski definition) is 7. The van der Waals surface area contributed by atoms with Crippen LogP contribution in [0.3, 0.4) is 0 Å². The fraction of sp³-hybridized carbons (Fsp3) is 0.333. The van der Waals surface area contributed by atoms with Crippen LogP contribution in [-0.2, 0) is 4.74 Å². The summed E-state index contributed by atoms with van der Waals surface area (Å²) in [6, 6.07) is 6.61. The molecule has 27 heavy (non-hydrogen) atoms. The Labute approximate surface area is 159 Å². The van der Waals surface area contributed by atoms with E-state index in [1.54, 1.807) is 12.1 Å². The second kappa shape index (κ2) is 7.13. The molecular weight excluding hydrogens is 372 g/mol. The van der Waals surface area contributed by atoms with Crippen LogP contribution < -0.4 is 4.90 Å². The molecule has 0 aliphatic carbocycles. The third kappa shape index (κ3) is 3.33. The zero-order valence-corrected chi connectivity index (χ0v) is 15.3. The van der Waals surface area contributed by atoms with Crippen LogP contribution in [0.15, 0.2) is 28.8 Å². The first-order valence-corrected chi connectivity index (χ1v) is 8.89. The molecule has 1 saturated heterocycles. The highest BCUT2D eigenvalue weighted by Crippen LogP contribution is 2.34. The van der Waals surface area contributed by atoms with Crippen molar-refractivity contribution in [1.29, 1.82) is 0 Å². The zero-order chi connectivity index (χ0) is 19.0. The van der Waals surface area contributed by atoms with Crippen molar-refractivity contribution in [2.45, 2.75) is 18.9 Å². The number of rotatable bonds is 4. The van der Waals surface area contributed by atoms with Crippen LogP contribution in [0.1, 0.15) is 23.2 Å². The molecule has 4 rings (SSSR count). The summed E-state index contributed by atoms with van der Waals surface area (Å²) in [6.45, 7) is 1.41. The topological polar surface area (TPSA) is 102 Å². The fourth-order valence-corrected chi connectivity index (χ4v) is 3.40. The number of benzene rings is 1. The highest BCUT2D eigenvalue weighted by molar-refractivity contribution is 6.29. The third-order valence-corrected chi connectivity index (χ3v) is 4.92. The number of carboxylic acid groups (broad SMARTS) is 1. The monoisotopic (exact) mass is 388 g/mol. The summed E-state index contributed by atoms with van der Waals surface area (Å²) in [4.78, 5) is 21.7. The lowest BCUT2D eigenvalue weighted by Crippen LogP contribution is -2.37. The van der Waals surface area contributed by atoms with Gasteiger partial charge in [-0.2, -0.15) is 4.98 Å². The van der Waals surface area contributed by atoms with Gasteiger partial charge in [0.05, 0.1) is 5.56 Å². The Kier molecular flexibility index (Phi) is 4.67. The van der Waals surface area contributed by atoms with Gasteiger partial charge in [0.2, 0.25) is 10.9 Å². The SMILES string of the molecule is CN(c1nc(Cl)nc2c(-c3ccc(C(=O)O)cc3)noc12)C1CCOCC1. The Bertz CT molecular complexity index is 983. The van der Waals surface area contributed by atoms with Crippen LogP contribution >= 0.6 is 11.6 Å². The van der Waals surface area contributed by atoms with E-state index < -0.39 is 5.97 Å². The third-order valence-electron chi connectivity index (χ3n) is 4.75. The zero-order valence-electron chi connectivity index (χ0n) is 14.6. The molecule has 1 aromatic carbocycles. The van der Waals surface area contributed by atoms with E-state index >= 15 is 0 Å². The number of halogens is 1.